The summed E-state index contributed by atoms with van der Waals surface area (Å²) < 4.78 is 5.13. The van der Waals surface area contributed by atoms with Gasteiger partial charge in [0.1, 0.15) is 0 Å². The molecule has 25 heavy (non-hydrogen) atoms. The highest BCUT2D eigenvalue weighted by Crippen LogP contribution is 2.15. The molecule has 1 aromatic carbocycles. The lowest BCUT2D eigenvalue weighted by Gasteiger charge is -2.26. The second-order valence-corrected chi connectivity index (χ2v) is 6.04. The van der Waals surface area contributed by atoms with Crippen LogP contribution in [0, 0.1) is 6.92 Å². The van der Waals surface area contributed by atoms with Crippen LogP contribution in [0.5, 0.6) is 0 Å². The van der Waals surface area contributed by atoms with Crippen LogP contribution in [0.1, 0.15) is 64.5 Å². The van der Waals surface area contributed by atoms with Gasteiger partial charge in [0.25, 0.3) is 0 Å². The fourth-order valence-electron chi connectivity index (χ4n) is 2.59. The molecule has 0 aliphatic rings. The van der Waals surface area contributed by atoms with Crippen LogP contribution in [-0.2, 0) is 11.3 Å². The molecule has 2 heteroatoms. The molecule has 2 nitrogen and oxygen atoms in total. The van der Waals surface area contributed by atoms with Crippen molar-refractivity contribution < 1.29 is 4.74 Å². The summed E-state index contributed by atoms with van der Waals surface area (Å²) in [4.78, 5) is 2.48. The molecule has 0 aliphatic heterocycles. The number of allylic oxidation sites excluding steroid dienone is 2. The van der Waals surface area contributed by atoms with E-state index in [0.717, 1.165) is 13.1 Å². The van der Waals surface area contributed by atoms with Crippen LogP contribution in [0.4, 0.5) is 0 Å². The van der Waals surface area contributed by atoms with Crippen molar-refractivity contribution >= 4 is 0 Å². The predicted molar refractivity (Wildman–Crippen MR) is 112 cm³/mol. The van der Waals surface area contributed by atoms with Gasteiger partial charge in [-0.3, -0.25) is 0 Å². The minimum Gasteiger partial charge on any atom is -0.381 e. The van der Waals surface area contributed by atoms with Gasteiger partial charge in [-0.15, -0.1) is 0 Å². The van der Waals surface area contributed by atoms with Gasteiger partial charge >= 0.3 is 0 Å². The normalized spacial score (nSPS) is 11.4. The number of aryl methyl sites for hydroxylation is 1. The number of ether oxygens (including phenoxy) is 1. The van der Waals surface area contributed by atoms with Crippen LogP contribution in [0.25, 0.3) is 0 Å². The summed E-state index contributed by atoms with van der Waals surface area (Å²) in [5.41, 5.74) is 3.96. The van der Waals surface area contributed by atoms with Crippen LogP contribution in [0.3, 0.4) is 0 Å². The number of methoxy groups -OCH3 is 1. The van der Waals surface area contributed by atoms with E-state index in [9.17, 15) is 0 Å². The van der Waals surface area contributed by atoms with E-state index < -0.39 is 0 Å². The van der Waals surface area contributed by atoms with Gasteiger partial charge in [-0.25, -0.2) is 0 Å². The van der Waals surface area contributed by atoms with Crippen molar-refractivity contribution in [2.45, 2.75) is 66.8 Å². The Labute approximate surface area is 156 Å². The summed E-state index contributed by atoms with van der Waals surface area (Å²) in [6, 6.07) is 8.86. The van der Waals surface area contributed by atoms with Crippen molar-refractivity contribution in [3.63, 3.8) is 0 Å². The Morgan fingerprint density at radius 2 is 1.76 bits per heavy atom. The van der Waals surface area contributed by atoms with Gasteiger partial charge in [0.15, 0.2) is 0 Å². The molecule has 0 spiro atoms. The first-order valence-electron chi connectivity index (χ1n) is 9.83. The van der Waals surface area contributed by atoms with Crippen molar-refractivity contribution in [1.29, 1.82) is 0 Å². The summed E-state index contributed by atoms with van der Waals surface area (Å²) in [7, 11) is 1.73. The lowest BCUT2D eigenvalue weighted by molar-refractivity contribution is 0.233. The number of nitrogens with zero attached hydrogens (tertiary/aromatic N) is 1. The van der Waals surface area contributed by atoms with E-state index in [1.165, 1.54) is 42.5 Å². The second-order valence-electron chi connectivity index (χ2n) is 6.04. The molecule has 0 bridgehead atoms. The van der Waals surface area contributed by atoms with Crippen LogP contribution in [0.15, 0.2) is 48.2 Å². The molecule has 0 N–H and O–H groups in total. The number of hydrogen-bond donors (Lipinski definition) is 0. The topological polar surface area (TPSA) is 12.5 Å². The number of rotatable bonds is 11. The minimum atomic E-state index is 0.658. The number of hydrogen-bond acceptors (Lipinski definition) is 2. The van der Waals surface area contributed by atoms with E-state index in [1.807, 2.05) is 13.8 Å². The van der Waals surface area contributed by atoms with Crippen LogP contribution >= 0.6 is 0 Å². The lowest BCUT2D eigenvalue weighted by Crippen LogP contribution is -2.23. The van der Waals surface area contributed by atoms with E-state index in [4.69, 9.17) is 4.74 Å². The Bertz CT molecular complexity index is 473. The maximum Gasteiger partial charge on any atom is 0.0647 e. The van der Waals surface area contributed by atoms with E-state index in [2.05, 4.69) is 68.2 Å². The Balaban J connectivity index is 0.00000277. The van der Waals surface area contributed by atoms with Crippen molar-refractivity contribution in [1.82, 2.24) is 4.90 Å². The average molecular weight is 346 g/mol. The minimum absolute atomic E-state index is 0.658. The second kappa shape index (κ2) is 16.0. The Kier molecular flexibility index (Phi) is 15.0. The molecule has 1 aromatic rings. The van der Waals surface area contributed by atoms with Gasteiger partial charge in [0.05, 0.1) is 6.61 Å². The third-order valence-corrected chi connectivity index (χ3v) is 3.99. The van der Waals surface area contributed by atoms with Gasteiger partial charge in [0.2, 0.25) is 0 Å². The van der Waals surface area contributed by atoms with Crippen LogP contribution in [-0.4, -0.2) is 25.2 Å². The van der Waals surface area contributed by atoms with Crippen molar-refractivity contribution in [2.24, 2.45) is 0 Å². The summed E-state index contributed by atoms with van der Waals surface area (Å²) in [6.45, 7) is 13.2. The average Bonchev–Trinajstić information content (AvgIpc) is 2.65. The molecule has 0 radical (unpaired) electrons. The maximum absolute atomic E-state index is 5.13. The summed E-state index contributed by atoms with van der Waals surface area (Å²) >= 11 is 0. The SMILES string of the molecule is C/C=C(\C=C/COC)N(CCCCCC)Cc1ccc(C)cc1.CC. The lowest BCUT2D eigenvalue weighted by atomic mass is 10.1. The zero-order valence-electron chi connectivity index (χ0n) is 17.3. The van der Waals surface area contributed by atoms with E-state index in [0.29, 0.717) is 6.61 Å². The Morgan fingerprint density at radius 1 is 1.08 bits per heavy atom. The molecular weight excluding hydrogens is 306 g/mol. The molecule has 0 fully saturated rings. The highest BCUT2D eigenvalue weighted by atomic mass is 16.5. The third kappa shape index (κ3) is 10.8. The fraction of sp³-hybridized carbons (Fsp3) is 0.565. The number of benzene rings is 1. The van der Waals surface area contributed by atoms with E-state index in [1.54, 1.807) is 7.11 Å². The molecule has 142 valence electrons. The van der Waals surface area contributed by atoms with E-state index >= 15 is 0 Å². The zero-order chi connectivity index (χ0) is 18.9. The standard InChI is InChI=1S/C21H33NO.C2H6/c1-5-7-8-9-16-22(21(6-2)11-10-17-23-4)18-20-14-12-19(3)13-15-20;1-2/h6,10-15H,5,7-9,16-18H2,1-4H3;1-2H3/b11-10-,21-6+;. The molecular formula is C23H39NO. The molecule has 0 aliphatic carbocycles. The molecule has 0 amide bonds. The molecule has 1 rings (SSSR count). The Hall–Kier alpha value is -1.54. The van der Waals surface area contributed by atoms with Crippen LogP contribution < -0.4 is 0 Å². The van der Waals surface area contributed by atoms with Gasteiger partial charge in [-0.1, -0.05) is 82.0 Å². The summed E-state index contributed by atoms with van der Waals surface area (Å²) in [6.07, 6.45) is 11.6. The third-order valence-electron chi connectivity index (χ3n) is 3.99. The largest absolute Gasteiger partial charge is 0.381 e. The summed E-state index contributed by atoms with van der Waals surface area (Å²) in [5.74, 6) is 0. The van der Waals surface area contributed by atoms with Gasteiger partial charge in [0, 0.05) is 25.9 Å². The molecule has 0 atom stereocenters. The predicted octanol–water partition coefficient (Wildman–Crippen LogP) is 6.51. The summed E-state index contributed by atoms with van der Waals surface area (Å²) in [5, 5.41) is 0. The highest BCUT2D eigenvalue weighted by molar-refractivity contribution is 5.24. The molecule has 0 unspecified atom stereocenters. The van der Waals surface area contributed by atoms with Gasteiger partial charge in [-0.05, 0) is 31.9 Å². The van der Waals surface area contributed by atoms with Crippen molar-refractivity contribution in [2.75, 3.05) is 20.3 Å². The van der Waals surface area contributed by atoms with Gasteiger partial charge in [-0.2, -0.15) is 0 Å². The molecule has 0 saturated carbocycles. The van der Waals surface area contributed by atoms with Gasteiger partial charge < -0.3 is 9.64 Å². The molecule has 0 saturated heterocycles. The smallest absolute Gasteiger partial charge is 0.0647 e. The van der Waals surface area contributed by atoms with E-state index in [-0.39, 0.29) is 0 Å². The molecule has 0 heterocycles. The Morgan fingerprint density at radius 3 is 2.32 bits per heavy atom. The first-order chi connectivity index (χ1) is 12.2. The maximum atomic E-state index is 5.13. The number of unbranched alkanes of at least 4 members (excludes halogenated alkanes) is 3. The quantitative estimate of drug-likeness (QED) is 0.335. The fourth-order valence-corrected chi connectivity index (χ4v) is 2.59. The van der Waals surface area contributed by atoms with Crippen molar-refractivity contribution in [3.8, 4) is 0 Å². The first-order valence-corrected chi connectivity index (χ1v) is 9.83. The first kappa shape index (κ1) is 23.5. The monoisotopic (exact) mass is 345 g/mol. The van der Waals surface area contributed by atoms with Crippen molar-refractivity contribution in [3.05, 3.63) is 59.3 Å². The zero-order valence-corrected chi connectivity index (χ0v) is 17.3. The van der Waals surface area contributed by atoms with Crippen LogP contribution in [0.2, 0.25) is 0 Å². The highest BCUT2D eigenvalue weighted by Gasteiger charge is 2.07. The molecule has 0 aromatic heterocycles.